The molecule has 0 radical (unpaired) electrons. The molecule has 0 atom stereocenters. The Morgan fingerprint density at radius 3 is 2.76 bits per heavy atom. The van der Waals surface area contributed by atoms with Gasteiger partial charge in [-0.15, -0.1) is 0 Å². The van der Waals surface area contributed by atoms with Gasteiger partial charge in [-0.3, -0.25) is 0 Å². The summed E-state index contributed by atoms with van der Waals surface area (Å²) in [5.41, 5.74) is 2.90. The lowest BCUT2D eigenvalue weighted by Gasteiger charge is -2.10. The van der Waals surface area contributed by atoms with E-state index in [1.807, 2.05) is 29.9 Å². The number of rotatable bonds is 5. The first-order valence-corrected chi connectivity index (χ1v) is 8.35. The molecule has 1 N–H and O–H groups in total. The van der Waals surface area contributed by atoms with Gasteiger partial charge >= 0.3 is 5.97 Å². The van der Waals surface area contributed by atoms with Gasteiger partial charge in [0.25, 0.3) is 0 Å². The summed E-state index contributed by atoms with van der Waals surface area (Å²) in [7, 11) is 1.88. The van der Waals surface area contributed by atoms with Crippen LogP contribution in [0.5, 0.6) is 5.88 Å². The van der Waals surface area contributed by atoms with Crippen LogP contribution in [0.1, 0.15) is 24.2 Å². The van der Waals surface area contributed by atoms with Crippen molar-refractivity contribution in [3.05, 3.63) is 47.2 Å². The van der Waals surface area contributed by atoms with Gasteiger partial charge in [0.05, 0.1) is 12.2 Å². The number of aromatic nitrogens is 2. The van der Waals surface area contributed by atoms with Gasteiger partial charge in [-0.1, -0.05) is 31.5 Å². The summed E-state index contributed by atoms with van der Waals surface area (Å²) in [6.07, 6.45) is 3.67. The highest BCUT2D eigenvalue weighted by atomic mass is 35.5. The molecule has 0 saturated carbocycles. The third-order valence-electron chi connectivity index (χ3n) is 3.91. The Labute approximate surface area is 150 Å². The van der Waals surface area contributed by atoms with E-state index in [0.717, 1.165) is 22.0 Å². The minimum absolute atomic E-state index is 0.258. The van der Waals surface area contributed by atoms with Gasteiger partial charge in [0.2, 0.25) is 5.88 Å². The van der Waals surface area contributed by atoms with Crippen LogP contribution >= 0.6 is 11.6 Å². The topological polar surface area (TPSA) is 64.4 Å². The normalized spacial score (nSPS) is 11.2. The van der Waals surface area contributed by atoms with Crippen LogP contribution in [0.3, 0.4) is 0 Å². The summed E-state index contributed by atoms with van der Waals surface area (Å²) in [6, 6.07) is 6.90. The number of nitrogens with zero attached hydrogens (tertiary/aromatic N) is 2. The first kappa shape index (κ1) is 17.3. The number of aromatic carboxylic acids is 1. The molecule has 0 aliphatic rings. The average Bonchev–Trinajstić information content (AvgIpc) is 2.90. The SMILES string of the molecule is CC(C)COc1ncc(-c2cn(C)c3cc(C(=O)O)ccc23)cc1Cl. The second-order valence-corrected chi connectivity index (χ2v) is 6.81. The molecule has 3 aromatic rings. The highest BCUT2D eigenvalue weighted by Crippen LogP contribution is 2.34. The van der Waals surface area contributed by atoms with Crippen molar-refractivity contribution in [1.29, 1.82) is 0 Å². The number of benzene rings is 1. The molecular formula is C19H19ClN2O3. The van der Waals surface area contributed by atoms with Crippen LogP contribution in [0.4, 0.5) is 0 Å². The number of carbonyl (C=O) groups is 1. The molecule has 5 nitrogen and oxygen atoms in total. The van der Waals surface area contributed by atoms with E-state index in [0.29, 0.717) is 23.4 Å². The molecule has 130 valence electrons. The molecule has 25 heavy (non-hydrogen) atoms. The third-order valence-corrected chi connectivity index (χ3v) is 4.18. The first-order valence-electron chi connectivity index (χ1n) is 7.98. The van der Waals surface area contributed by atoms with Crippen molar-refractivity contribution in [2.45, 2.75) is 13.8 Å². The number of hydrogen-bond donors (Lipinski definition) is 1. The molecule has 6 heteroatoms. The second-order valence-electron chi connectivity index (χ2n) is 6.41. The number of carboxylic acid groups (broad SMARTS) is 1. The van der Waals surface area contributed by atoms with E-state index in [-0.39, 0.29) is 5.56 Å². The Kier molecular flexibility index (Phi) is 4.68. The standard InChI is InChI=1S/C19H19ClN2O3/c1-11(2)10-25-18-16(20)6-13(8-21-18)15-9-22(3)17-7-12(19(23)24)4-5-14(15)17/h4-9,11H,10H2,1-3H3,(H,23,24). The van der Waals surface area contributed by atoms with Crippen LogP contribution in [0.2, 0.25) is 5.02 Å². The number of halogens is 1. The van der Waals surface area contributed by atoms with Gasteiger partial charge < -0.3 is 14.4 Å². The Balaban J connectivity index is 2.02. The van der Waals surface area contributed by atoms with Crippen molar-refractivity contribution in [1.82, 2.24) is 9.55 Å². The quantitative estimate of drug-likeness (QED) is 0.722. The van der Waals surface area contributed by atoms with Gasteiger partial charge in [-0.05, 0) is 24.1 Å². The average molecular weight is 359 g/mol. The molecule has 0 spiro atoms. The van der Waals surface area contributed by atoms with Crippen molar-refractivity contribution in [3.63, 3.8) is 0 Å². The molecule has 0 amide bonds. The fourth-order valence-corrected chi connectivity index (χ4v) is 2.89. The maximum atomic E-state index is 11.2. The Hall–Kier alpha value is -2.53. The van der Waals surface area contributed by atoms with Gasteiger partial charge in [0.1, 0.15) is 5.02 Å². The summed E-state index contributed by atoms with van der Waals surface area (Å²) in [5.74, 6) is -0.132. The fraction of sp³-hybridized carbons (Fsp3) is 0.263. The molecule has 0 aliphatic carbocycles. The van der Waals surface area contributed by atoms with Crippen molar-refractivity contribution in [3.8, 4) is 17.0 Å². The van der Waals surface area contributed by atoms with Crippen LogP contribution in [0.25, 0.3) is 22.0 Å². The van der Waals surface area contributed by atoms with Crippen LogP contribution < -0.4 is 4.74 Å². The Morgan fingerprint density at radius 2 is 2.12 bits per heavy atom. The predicted molar refractivity (Wildman–Crippen MR) is 98.5 cm³/mol. The number of carboxylic acids is 1. The number of aryl methyl sites for hydroxylation is 1. The van der Waals surface area contributed by atoms with Gasteiger partial charge in [0, 0.05) is 41.5 Å². The zero-order valence-corrected chi connectivity index (χ0v) is 15.0. The lowest BCUT2D eigenvalue weighted by Crippen LogP contribution is -2.06. The van der Waals surface area contributed by atoms with Crippen molar-refractivity contribution in [2.75, 3.05) is 6.61 Å². The van der Waals surface area contributed by atoms with E-state index >= 15 is 0 Å². The van der Waals surface area contributed by atoms with Crippen molar-refractivity contribution >= 4 is 28.5 Å². The maximum Gasteiger partial charge on any atom is 0.335 e. The van der Waals surface area contributed by atoms with E-state index in [4.69, 9.17) is 21.4 Å². The Bertz CT molecular complexity index is 947. The molecule has 0 fully saturated rings. The van der Waals surface area contributed by atoms with Gasteiger partial charge in [-0.2, -0.15) is 0 Å². The lowest BCUT2D eigenvalue weighted by atomic mass is 10.1. The fourth-order valence-electron chi connectivity index (χ4n) is 2.67. The van der Waals surface area contributed by atoms with Crippen LogP contribution in [-0.4, -0.2) is 27.2 Å². The van der Waals surface area contributed by atoms with Gasteiger partial charge in [0.15, 0.2) is 0 Å². The maximum absolute atomic E-state index is 11.2. The molecule has 3 rings (SSSR count). The number of fused-ring (bicyclic) bond motifs is 1. The van der Waals surface area contributed by atoms with E-state index in [2.05, 4.69) is 18.8 Å². The molecule has 1 aromatic carbocycles. The van der Waals surface area contributed by atoms with Crippen LogP contribution in [0, 0.1) is 5.92 Å². The minimum Gasteiger partial charge on any atom is -0.478 e. The zero-order valence-electron chi connectivity index (χ0n) is 14.3. The highest BCUT2D eigenvalue weighted by Gasteiger charge is 2.14. The van der Waals surface area contributed by atoms with E-state index < -0.39 is 5.97 Å². The van der Waals surface area contributed by atoms with E-state index in [1.165, 1.54) is 0 Å². The van der Waals surface area contributed by atoms with Crippen LogP contribution in [0.15, 0.2) is 36.7 Å². The number of pyridine rings is 1. The van der Waals surface area contributed by atoms with Gasteiger partial charge in [-0.25, -0.2) is 9.78 Å². The molecule has 0 aliphatic heterocycles. The smallest absolute Gasteiger partial charge is 0.335 e. The largest absolute Gasteiger partial charge is 0.478 e. The summed E-state index contributed by atoms with van der Waals surface area (Å²) >= 11 is 6.32. The third kappa shape index (κ3) is 3.46. The predicted octanol–water partition coefficient (Wildman–Crippen LogP) is 4.63. The van der Waals surface area contributed by atoms with Crippen molar-refractivity contribution in [2.24, 2.45) is 13.0 Å². The van der Waals surface area contributed by atoms with Crippen LogP contribution in [-0.2, 0) is 7.05 Å². The Morgan fingerprint density at radius 1 is 1.36 bits per heavy atom. The summed E-state index contributed by atoms with van der Waals surface area (Å²) in [5, 5.41) is 10.6. The first-order chi connectivity index (χ1) is 11.9. The summed E-state index contributed by atoms with van der Waals surface area (Å²) in [4.78, 5) is 15.5. The zero-order chi connectivity index (χ0) is 18.1. The molecule has 2 heterocycles. The lowest BCUT2D eigenvalue weighted by molar-refractivity contribution is 0.0697. The summed E-state index contributed by atoms with van der Waals surface area (Å²) < 4.78 is 7.51. The highest BCUT2D eigenvalue weighted by molar-refractivity contribution is 6.32. The van der Waals surface area contributed by atoms with Crippen molar-refractivity contribution < 1.29 is 14.6 Å². The minimum atomic E-state index is -0.944. The molecule has 0 saturated heterocycles. The van der Waals surface area contributed by atoms with E-state index in [9.17, 15) is 4.79 Å². The molecule has 0 bridgehead atoms. The molecule has 0 unspecified atom stereocenters. The van der Waals surface area contributed by atoms with E-state index in [1.54, 1.807) is 18.3 Å². The molecular weight excluding hydrogens is 340 g/mol. The second kappa shape index (κ2) is 6.76. The number of hydrogen-bond acceptors (Lipinski definition) is 3. The monoisotopic (exact) mass is 358 g/mol. The summed E-state index contributed by atoms with van der Waals surface area (Å²) in [6.45, 7) is 4.67. The molecule has 2 aromatic heterocycles. The number of ether oxygens (including phenoxy) is 1.